The molecular weight excluding hydrogens is 240 g/mol. The van der Waals surface area contributed by atoms with E-state index in [4.69, 9.17) is 10.5 Å². The molecule has 0 aromatic rings. The second-order valence-corrected chi connectivity index (χ2v) is 5.65. The average Bonchev–Trinajstić information content (AvgIpc) is 2.74. The Hall–Kier alpha value is -0.320. The van der Waals surface area contributed by atoms with E-state index in [0.29, 0.717) is 0 Å². The topological polar surface area (TPSA) is 55.6 Å². The fourth-order valence-corrected chi connectivity index (χ4v) is 2.54. The van der Waals surface area contributed by atoms with Crippen molar-refractivity contribution in [2.24, 2.45) is 11.1 Å². The summed E-state index contributed by atoms with van der Waals surface area (Å²) in [7, 11) is 0. The number of hydrogen-bond donors (Lipinski definition) is 1. The zero-order chi connectivity index (χ0) is 11.8. The first-order valence-corrected chi connectivity index (χ1v) is 6.17. The molecule has 17 heavy (non-hydrogen) atoms. The zero-order valence-electron chi connectivity index (χ0n) is 10.6. The summed E-state index contributed by atoms with van der Waals surface area (Å²) >= 11 is 0. The molecular formula is C12H23ClN2O2. The molecule has 0 aromatic carbocycles. The Morgan fingerprint density at radius 3 is 2.65 bits per heavy atom. The van der Waals surface area contributed by atoms with Crippen molar-refractivity contribution in [3.63, 3.8) is 0 Å². The molecule has 0 radical (unpaired) electrons. The number of amides is 1. The minimum Gasteiger partial charge on any atom is -0.368 e. The maximum Gasteiger partial charge on any atom is 0.251 e. The third kappa shape index (κ3) is 3.12. The number of ether oxygens (including phenoxy) is 1. The normalized spacial score (nSPS) is 32.1. The van der Waals surface area contributed by atoms with Crippen molar-refractivity contribution in [2.45, 2.75) is 45.3 Å². The molecule has 2 rings (SSSR count). The SMILES string of the molecule is CC1(C)CN(C(=O)C2CCCO2)CCC1N.Cl. The van der Waals surface area contributed by atoms with Gasteiger partial charge in [0.15, 0.2) is 0 Å². The molecule has 4 nitrogen and oxygen atoms in total. The molecule has 100 valence electrons. The molecule has 0 saturated carbocycles. The van der Waals surface area contributed by atoms with Crippen molar-refractivity contribution < 1.29 is 9.53 Å². The summed E-state index contributed by atoms with van der Waals surface area (Å²) < 4.78 is 5.44. The molecule has 2 unspecified atom stereocenters. The van der Waals surface area contributed by atoms with E-state index in [1.54, 1.807) is 0 Å². The molecule has 0 spiro atoms. The highest BCUT2D eigenvalue weighted by Crippen LogP contribution is 2.29. The number of rotatable bonds is 1. The predicted molar refractivity (Wildman–Crippen MR) is 69.2 cm³/mol. The van der Waals surface area contributed by atoms with Crippen molar-refractivity contribution >= 4 is 18.3 Å². The number of carbonyl (C=O) groups excluding carboxylic acids is 1. The first kappa shape index (κ1) is 14.7. The van der Waals surface area contributed by atoms with Gasteiger partial charge in [0.05, 0.1) is 0 Å². The van der Waals surface area contributed by atoms with Crippen LogP contribution < -0.4 is 5.73 Å². The third-order valence-electron chi connectivity index (χ3n) is 3.83. The predicted octanol–water partition coefficient (Wildman–Crippen LogP) is 1.17. The number of halogens is 1. The summed E-state index contributed by atoms with van der Waals surface area (Å²) in [4.78, 5) is 14.1. The summed E-state index contributed by atoms with van der Waals surface area (Å²) in [6.07, 6.45) is 2.59. The summed E-state index contributed by atoms with van der Waals surface area (Å²) in [5, 5.41) is 0. The van der Waals surface area contributed by atoms with E-state index in [1.165, 1.54) is 0 Å². The highest BCUT2D eigenvalue weighted by atomic mass is 35.5. The average molecular weight is 263 g/mol. The second-order valence-electron chi connectivity index (χ2n) is 5.65. The lowest BCUT2D eigenvalue weighted by Crippen LogP contribution is -2.55. The van der Waals surface area contributed by atoms with Crippen LogP contribution in [0.4, 0.5) is 0 Å². The Morgan fingerprint density at radius 2 is 2.12 bits per heavy atom. The molecule has 2 heterocycles. The van der Waals surface area contributed by atoms with Gasteiger partial charge in [0.25, 0.3) is 5.91 Å². The van der Waals surface area contributed by atoms with Gasteiger partial charge in [0.2, 0.25) is 0 Å². The van der Waals surface area contributed by atoms with Gasteiger partial charge in [0.1, 0.15) is 6.10 Å². The molecule has 2 aliphatic heterocycles. The number of nitrogens with two attached hydrogens (primary N) is 1. The molecule has 2 aliphatic rings. The fourth-order valence-electron chi connectivity index (χ4n) is 2.54. The molecule has 2 N–H and O–H groups in total. The van der Waals surface area contributed by atoms with Crippen LogP contribution in [0.1, 0.15) is 33.1 Å². The summed E-state index contributed by atoms with van der Waals surface area (Å²) in [6.45, 7) is 6.53. The van der Waals surface area contributed by atoms with E-state index in [0.717, 1.165) is 39.0 Å². The number of likely N-dealkylation sites (tertiary alicyclic amines) is 1. The van der Waals surface area contributed by atoms with E-state index in [-0.39, 0.29) is 35.9 Å². The van der Waals surface area contributed by atoms with Crippen LogP contribution in [0, 0.1) is 5.41 Å². The quantitative estimate of drug-likeness (QED) is 0.772. The molecule has 0 aliphatic carbocycles. The lowest BCUT2D eigenvalue weighted by Gasteiger charge is -2.43. The summed E-state index contributed by atoms with van der Waals surface area (Å²) in [5.41, 5.74) is 6.08. The Kier molecular flexibility index (Phi) is 4.81. The Balaban J connectivity index is 0.00000144. The first-order valence-electron chi connectivity index (χ1n) is 6.17. The van der Waals surface area contributed by atoms with Gasteiger partial charge >= 0.3 is 0 Å². The molecule has 5 heteroatoms. The summed E-state index contributed by atoms with van der Waals surface area (Å²) in [5.74, 6) is 0.164. The van der Waals surface area contributed by atoms with E-state index in [2.05, 4.69) is 13.8 Å². The lowest BCUT2D eigenvalue weighted by atomic mass is 9.79. The Bertz CT molecular complexity index is 278. The molecule has 2 saturated heterocycles. The van der Waals surface area contributed by atoms with Gasteiger partial charge in [-0.05, 0) is 24.7 Å². The van der Waals surface area contributed by atoms with Crippen molar-refractivity contribution in [3.05, 3.63) is 0 Å². The van der Waals surface area contributed by atoms with Crippen LogP contribution in [0.2, 0.25) is 0 Å². The number of piperidine rings is 1. The van der Waals surface area contributed by atoms with Crippen LogP contribution in [-0.2, 0) is 9.53 Å². The Labute approximate surface area is 109 Å². The molecule has 2 atom stereocenters. The van der Waals surface area contributed by atoms with Gasteiger partial charge in [-0.3, -0.25) is 4.79 Å². The summed E-state index contributed by atoms with van der Waals surface area (Å²) in [6, 6.07) is 0.195. The highest BCUT2D eigenvalue weighted by molar-refractivity contribution is 5.85. The second kappa shape index (κ2) is 5.55. The van der Waals surface area contributed by atoms with Gasteiger partial charge in [-0.2, -0.15) is 0 Å². The van der Waals surface area contributed by atoms with Crippen molar-refractivity contribution in [1.29, 1.82) is 0 Å². The molecule has 1 amide bonds. The standard InChI is InChI=1S/C12H22N2O2.ClH/c1-12(2)8-14(6-5-10(12)13)11(15)9-4-3-7-16-9;/h9-10H,3-8,13H2,1-2H3;1H. The van der Waals surface area contributed by atoms with Crippen LogP contribution in [0.25, 0.3) is 0 Å². The zero-order valence-corrected chi connectivity index (χ0v) is 11.5. The van der Waals surface area contributed by atoms with Crippen LogP contribution in [0.5, 0.6) is 0 Å². The van der Waals surface area contributed by atoms with Gasteiger partial charge in [-0.1, -0.05) is 13.8 Å². The molecule has 2 fully saturated rings. The number of nitrogens with zero attached hydrogens (tertiary/aromatic N) is 1. The number of carbonyl (C=O) groups is 1. The van der Waals surface area contributed by atoms with E-state index in [9.17, 15) is 4.79 Å². The number of hydrogen-bond acceptors (Lipinski definition) is 3. The van der Waals surface area contributed by atoms with Gasteiger partial charge in [0, 0.05) is 25.7 Å². The fraction of sp³-hybridized carbons (Fsp3) is 0.917. The maximum atomic E-state index is 12.2. The van der Waals surface area contributed by atoms with Gasteiger partial charge in [-0.25, -0.2) is 0 Å². The van der Waals surface area contributed by atoms with Crippen molar-refractivity contribution in [1.82, 2.24) is 4.90 Å². The Morgan fingerprint density at radius 1 is 1.41 bits per heavy atom. The van der Waals surface area contributed by atoms with Crippen LogP contribution in [0.15, 0.2) is 0 Å². The van der Waals surface area contributed by atoms with Crippen LogP contribution in [0.3, 0.4) is 0 Å². The third-order valence-corrected chi connectivity index (χ3v) is 3.83. The van der Waals surface area contributed by atoms with E-state index < -0.39 is 0 Å². The highest BCUT2D eigenvalue weighted by Gasteiger charge is 2.38. The van der Waals surface area contributed by atoms with E-state index >= 15 is 0 Å². The minimum absolute atomic E-state index is 0. The van der Waals surface area contributed by atoms with Gasteiger partial charge < -0.3 is 15.4 Å². The van der Waals surface area contributed by atoms with Crippen LogP contribution >= 0.6 is 12.4 Å². The van der Waals surface area contributed by atoms with Crippen molar-refractivity contribution in [3.8, 4) is 0 Å². The monoisotopic (exact) mass is 262 g/mol. The van der Waals surface area contributed by atoms with Gasteiger partial charge in [-0.15, -0.1) is 12.4 Å². The maximum absolute atomic E-state index is 12.2. The largest absolute Gasteiger partial charge is 0.368 e. The smallest absolute Gasteiger partial charge is 0.251 e. The molecule has 0 bridgehead atoms. The lowest BCUT2D eigenvalue weighted by molar-refractivity contribution is -0.144. The minimum atomic E-state index is -0.190. The van der Waals surface area contributed by atoms with Crippen LogP contribution in [-0.4, -0.2) is 42.6 Å². The van der Waals surface area contributed by atoms with E-state index in [1.807, 2.05) is 4.90 Å². The van der Waals surface area contributed by atoms with Crippen molar-refractivity contribution in [2.75, 3.05) is 19.7 Å². The first-order chi connectivity index (χ1) is 7.50. The molecule has 0 aromatic heterocycles.